The number of hydrogen-bond donors (Lipinski definition) is 3. The largest absolute Gasteiger partial charge is 0.459 e. The summed E-state index contributed by atoms with van der Waals surface area (Å²) in [7, 11) is 0. The number of rotatable bonds is 17. The molecule has 0 heterocycles. The first kappa shape index (κ1) is 49.9. The second kappa shape index (κ2) is 21.7. The van der Waals surface area contributed by atoms with Crippen molar-refractivity contribution in [1.82, 2.24) is 16.0 Å². The lowest BCUT2D eigenvalue weighted by molar-refractivity contribution is -0.140. The maximum atomic E-state index is 13.5. The lowest BCUT2D eigenvalue weighted by Gasteiger charge is -2.46. The number of amides is 3. The number of esters is 2. The van der Waals surface area contributed by atoms with Gasteiger partial charge in [-0.15, -0.1) is 0 Å². The minimum atomic E-state index is -0.661. The van der Waals surface area contributed by atoms with E-state index in [1.807, 2.05) is 13.8 Å². The molecule has 4 atom stereocenters. The van der Waals surface area contributed by atoms with Gasteiger partial charge in [-0.25, -0.2) is 24.0 Å². The highest BCUT2D eigenvalue weighted by atomic mass is 16.6. The molecule has 3 amide bonds. The number of carbonyl (C=O) groups is 6. The molecule has 4 unspecified atom stereocenters. The van der Waals surface area contributed by atoms with Crippen molar-refractivity contribution in [3.05, 3.63) is 24.3 Å². The molecule has 14 heteroatoms. The molecule has 0 aromatic carbocycles. The molecule has 3 N–H and O–H groups in total. The smallest absolute Gasteiger partial charge is 0.407 e. The van der Waals surface area contributed by atoms with Gasteiger partial charge in [-0.1, -0.05) is 62.6 Å². The van der Waals surface area contributed by atoms with E-state index in [2.05, 4.69) is 56.8 Å². The van der Waals surface area contributed by atoms with E-state index >= 15 is 0 Å². The average Bonchev–Trinajstić information content (AvgIpc) is 2.98. The standard InChI is InChI=1S/C38H61N3O11.2CH4/c1-25(2)30(43)48-15-17-51-33(46)39-27-19-35(5,6)23-37(9,21-27)29(42)13-11-12-14-50-32(45)40-28-20-36(7,8)24-38(10,22-28)41-34(47)52-18-16-49-31(44)26(3)4;;/h27-28H,1,3,11-24H2,2,4-10H3,(H,39,46)(H,40,45)(H,41,47);2*1H4. The quantitative estimate of drug-likeness (QED) is 0.0582. The third-order valence-electron chi connectivity index (χ3n) is 9.28. The Kier molecular flexibility index (Phi) is 20.1. The van der Waals surface area contributed by atoms with Gasteiger partial charge < -0.3 is 39.6 Å². The molecule has 54 heavy (non-hydrogen) atoms. The molecule has 0 aliphatic heterocycles. The second-order valence-corrected chi connectivity index (χ2v) is 16.5. The first-order valence-corrected chi connectivity index (χ1v) is 18.0. The predicted molar refractivity (Wildman–Crippen MR) is 207 cm³/mol. The molecule has 0 aromatic heterocycles. The van der Waals surface area contributed by atoms with Crippen LogP contribution in [-0.4, -0.2) is 86.7 Å². The first-order chi connectivity index (χ1) is 24.0. The van der Waals surface area contributed by atoms with Crippen LogP contribution in [0.5, 0.6) is 0 Å². The molecule has 2 fully saturated rings. The summed E-state index contributed by atoms with van der Waals surface area (Å²) in [4.78, 5) is 74.1. The van der Waals surface area contributed by atoms with Crippen molar-refractivity contribution in [2.45, 2.75) is 146 Å². The SMILES string of the molecule is C.C.C=C(C)C(=O)OCCOC(=O)NC1CC(C)(C)CC(C)(C(=O)CCCCOC(=O)NC2CC(C)(C)CC(C)(NC(=O)OCCOC(=O)C(=C)C)C2)C1. The van der Waals surface area contributed by atoms with Crippen LogP contribution in [0.1, 0.15) is 128 Å². The molecular formula is C40H69N3O11. The Hall–Kier alpha value is -4.10. The van der Waals surface area contributed by atoms with E-state index in [0.717, 1.165) is 0 Å². The lowest BCUT2D eigenvalue weighted by Crippen LogP contribution is -2.57. The summed E-state index contributed by atoms with van der Waals surface area (Å²) in [5.41, 5.74) is -1.18. The van der Waals surface area contributed by atoms with Crippen LogP contribution in [0.25, 0.3) is 0 Å². The van der Waals surface area contributed by atoms with Gasteiger partial charge >= 0.3 is 30.2 Å². The molecule has 2 aliphatic carbocycles. The van der Waals surface area contributed by atoms with Crippen LogP contribution in [0.15, 0.2) is 24.3 Å². The number of nitrogens with one attached hydrogen (secondary N) is 3. The first-order valence-electron chi connectivity index (χ1n) is 18.0. The van der Waals surface area contributed by atoms with E-state index in [1.165, 1.54) is 13.8 Å². The van der Waals surface area contributed by atoms with Crippen LogP contribution in [0.3, 0.4) is 0 Å². The van der Waals surface area contributed by atoms with Gasteiger partial charge in [0.1, 0.15) is 32.2 Å². The monoisotopic (exact) mass is 767 g/mol. The number of carbonyl (C=O) groups excluding carboxylic acids is 6. The van der Waals surface area contributed by atoms with Crippen LogP contribution in [0.2, 0.25) is 0 Å². The van der Waals surface area contributed by atoms with Gasteiger partial charge in [0.25, 0.3) is 0 Å². The number of ketones is 1. The van der Waals surface area contributed by atoms with E-state index < -0.39 is 41.2 Å². The molecule has 2 aliphatic rings. The molecule has 0 radical (unpaired) electrons. The second-order valence-electron chi connectivity index (χ2n) is 16.5. The summed E-state index contributed by atoms with van der Waals surface area (Å²) >= 11 is 0. The molecule has 2 saturated carbocycles. The van der Waals surface area contributed by atoms with Crippen molar-refractivity contribution in [2.75, 3.05) is 33.0 Å². The minimum Gasteiger partial charge on any atom is -0.459 e. The molecule has 310 valence electrons. The summed E-state index contributed by atoms with van der Waals surface area (Å²) in [5.74, 6) is -1.01. The van der Waals surface area contributed by atoms with Crippen LogP contribution in [0.4, 0.5) is 14.4 Å². The van der Waals surface area contributed by atoms with Gasteiger partial charge in [0, 0.05) is 40.6 Å². The lowest BCUT2D eigenvalue weighted by atomic mass is 9.60. The highest BCUT2D eigenvalue weighted by molar-refractivity contribution is 5.87. The topological polar surface area (TPSA) is 185 Å². The van der Waals surface area contributed by atoms with Crippen molar-refractivity contribution in [1.29, 1.82) is 0 Å². The van der Waals surface area contributed by atoms with Crippen LogP contribution < -0.4 is 16.0 Å². The zero-order valence-corrected chi connectivity index (χ0v) is 32.5. The van der Waals surface area contributed by atoms with Crippen molar-refractivity contribution < 1.29 is 52.5 Å². The molecule has 0 aromatic rings. The summed E-state index contributed by atoms with van der Waals surface area (Å²) in [6, 6.07) is -0.520. The third kappa shape index (κ3) is 17.8. The summed E-state index contributed by atoms with van der Waals surface area (Å²) < 4.78 is 25.7. The number of Topliss-reactive ketones (excluding diaryl/α,β-unsaturated/α-hetero) is 1. The molecule has 14 nitrogen and oxygen atoms in total. The van der Waals surface area contributed by atoms with Gasteiger partial charge in [0.15, 0.2) is 0 Å². The van der Waals surface area contributed by atoms with Gasteiger partial charge in [-0.3, -0.25) is 4.79 Å². The van der Waals surface area contributed by atoms with E-state index in [1.54, 1.807) is 0 Å². The van der Waals surface area contributed by atoms with Crippen molar-refractivity contribution in [2.24, 2.45) is 16.2 Å². The molecule has 0 spiro atoms. The fourth-order valence-corrected chi connectivity index (χ4v) is 7.82. The number of alkyl carbamates (subject to hydrolysis) is 3. The zero-order chi connectivity index (χ0) is 39.3. The normalized spacial score (nSPS) is 23.7. The Labute approximate surface area is 323 Å². The summed E-state index contributed by atoms with van der Waals surface area (Å²) in [6.07, 6.45) is 3.18. The maximum absolute atomic E-state index is 13.5. The van der Waals surface area contributed by atoms with Gasteiger partial charge in [-0.2, -0.15) is 0 Å². The predicted octanol–water partition coefficient (Wildman–Crippen LogP) is 7.34. The van der Waals surface area contributed by atoms with E-state index in [9.17, 15) is 28.8 Å². The molecule has 2 rings (SSSR count). The van der Waals surface area contributed by atoms with Crippen molar-refractivity contribution in [3.63, 3.8) is 0 Å². The Morgan fingerprint density at radius 1 is 0.574 bits per heavy atom. The number of hydrogen-bond acceptors (Lipinski definition) is 11. The van der Waals surface area contributed by atoms with E-state index in [-0.39, 0.29) is 87.7 Å². The van der Waals surface area contributed by atoms with E-state index in [4.69, 9.17) is 23.7 Å². The average molecular weight is 768 g/mol. The Morgan fingerprint density at radius 2 is 1.00 bits per heavy atom. The number of unbranched alkanes of at least 4 members (excludes halogenated alkanes) is 1. The van der Waals surface area contributed by atoms with Crippen LogP contribution >= 0.6 is 0 Å². The van der Waals surface area contributed by atoms with Crippen LogP contribution in [0, 0.1) is 16.2 Å². The maximum Gasteiger partial charge on any atom is 0.407 e. The highest BCUT2D eigenvalue weighted by Gasteiger charge is 2.46. The Morgan fingerprint density at radius 3 is 1.50 bits per heavy atom. The zero-order valence-electron chi connectivity index (χ0n) is 32.5. The fourth-order valence-electron chi connectivity index (χ4n) is 7.82. The van der Waals surface area contributed by atoms with Crippen molar-refractivity contribution >= 4 is 36.0 Å². The van der Waals surface area contributed by atoms with E-state index in [0.29, 0.717) is 57.8 Å². The van der Waals surface area contributed by atoms with Gasteiger partial charge in [0.05, 0.1) is 6.61 Å². The fraction of sp³-hybridized carbons (Fsp3) is 0.750. The highest BCUT2D eigenvalue weighted by Crippen LogP contribution is 2.47. The minimum absolute atomic E-state index is 0. The van der Waals surface area contributed by atoms with Crippen molar-refractivity contribution in [3.8, 4) is 0 Å². The van der Waals surface area contributed by atoms with Gasteiger partial charge in [-0.05, 0) is 83.0 Å². The Bertz CT molecular complexity index is 1340. The van der Waals surface area contributed by atoms with Gasteiger partial charge in [0.2, 0.25) is 0 Å². The summed E-state index contributed by atoms with van der Waals surface area (Å²) in [6.45, 7) is 22.0. The molecule has 0 bridgehead atoms. The Balaban J connectivity index is 0.0000140. The summed E-state index contributed by atoms with van der Waals surface area (Å²) in [5, 5.41) is 8.72. The third-order valence-corrected chi connectivity index (χ3v) is 9.28. The van der Waals surface area contributed by atoms with Crippen LogP contribution in [-0.2, 0) is 38.1 Å². The number of ether oxygens (including phenoxy) is 5. The molecular weight excluding hydrogens is 698 g/mol. The molecule has 0 saturated heterocycles.